The molecule has 1 fully saturated rings. The first kappa shape index (κ1) is 17.4. The van der Waals surface area contributed by atoms with Gasteiger partial charge in [0.25, 0.3) is 0 Å². The van der Waals surface area contributed by atoms with E-state index >= 15 is 0 Å². The standard InChI is InChI=1S/C17H15ClF3N3O/c18-13-10-12(2-3-14(13)20)22-17(25)24-7-5-23(6-8-24)16-4-1-11(19)9-15(16)21/h1-4,9-10H,5-8H2,(H,22,25). The Kier molecular flexibility index (Phi) is 5.03. The zero-order chi connectivity index (χ0) is 18.0. The summed E-state index contributed by atoms with van der Waals surface area (Å²) in [5, 5.41) is 2.57. The molecule has 1 saturated heterocycles. The number of carbonyl (C=O) groups excluding carboxylic acids is 1. The topological polar surface area (TPSA) is 35.6 Å². The molecule has 1 heterocycles. The number of amides is 2. The number of urea groups is 1. The van der Waals surface area contributed by atoms with Gasteiger partial charge in [-0.25, -0.2) is 18.0 Å². The Labute approximate surface area is 147 Å². The van der Waals surface area contributed by atoms with Crippen LogP contribution in [0, 0.1) is 17.5 Å². The van der Waals surface area contributed by atoms with Crippen LogP contribution in [0.15, 0.2) is 36.4 Å². The van der Waals surface area contributed by atoms with Crippen LogP contribution in [0.2, 0.25) is 5.02 Å². The third-order valence-electron chi connectivity index (χ3n) is 3.99. The number of benzene rings is 2. The van der Waals surface area contributed by atoms with Gasteiger partial charge in [-0.3, -0.25) is 0 Å². The van der Waals surface area contributed by atoms with Crippen molar-refractivity contribution in [2.24, 2.45) is 0 Å². The van der Waals surface area contributed by atoms with E-state index in [-0.39, 0.29) is 11.1 Å². The number of hydrogen-bond donors (Lipinski definition) is 1. The van der Waals surface area contributed by atoms with Gasteiger partial charge in [-0.2, -0.15) is 0 Å². The van der Waals surface area contributed by atoms with Gasteiger partial charge in [0.2, 0.25) is 0 Å². The lowest BCUT2D eigenvalue weighted by Gasteiger charge is -2.36. The first-order chi connectivity index (χ1) is 11.9. The molecule has 0 radical (unpaired) electrons. The van der Waals surface area contributed by atoms with E-state index in [2.05, 4.69) is 5.32 Å². The molecule has 4 nitrogen and oxygen atoms in total. The van der Waals surface area contributed by atoms with Gasteiger partial charge in [0.1, 0.15) is 17.5 Å². The zero-order valence-electron chi connectivity index (χ0n) is 13.1. The lowest BCUT2D eigenvalue weighted by atomic mass is 10.2. The van der Waals surface area contributed by atoms with Gasteiger partial charge in [-0.1, -0.05) is 11.6 Å². The van der Waals surface area contributed by atoms with Gasteiger partial charge in [-0.05, 0) is 30.3 Å². The third kappa shape index (κ3) is 3.99. The second-order valence-corrected chi connectivity index (χ2v) is 6.04. The fraction of sp³-hybridized carbons (Fsp3) is 0.235. The van der Waals surface area contributed by atoms with Crippen molar-refractivity contribution in [3.05, 3.63) is 58.9 Å². The second kappa shape index (κ2) is 7.23. The molecule has 1 N–H and O–H groups in total. The van der Waals surface area contributed by atoms with Gasteiger partial charge in [0.05, 0.1) is 10.7 Å². The highest BCUT2D eigenvalue weighted by Gasteiger charge is 2.23. The Morgan fingerprint density at radius 3 is 2.32 bits per heavy atom. The lowest BCUT2D eigenvalue weighted by molar-refractivity contribution is 0.208. The highest BCUT2D eigenvalue weighted by molar-refractivity contribution is 6.31. The second-order valence-electron chi connectivity index (χ2n) is 5.63. The molecule has 2 amide bonds. The predicted octanol–water partition coefficient (Wildman–Crippen LogP) is 4.11. The first-order valence-electron chi connectivity index (χ1n) is 7.65. The quantitative estimate of drug-likeness (QED) is 0.864. The van der Waals surface area contributed by atoms with Crippen molar-refractivity contribution < 1.29 is 18.0 Å². The number of rotatable bonds is 2. The molecule has 3 rings (SSSR count). The summed E-state index contributed by atoms with van der Waals surface area (Å²) in [5.74, 6) is -1.81. The van der Waals surface area contributed by atoms with Crippen LogP contribution in [0.3, 0.4) is 0 Å². The molecule has 0 unspecified atom stereocenters. The highest BCUT2D eigenvalue weighted by Crippen LogP contribution is 2.22. The van der Waals surface area contributed by atoms with Crippen molar-refractivity contribution in [1.82, 2.24) is 4.90 Å². The lowest BCUT2D eigenvalue weighted by Crippen LogP contribution is -2.50. The summed E-state index contributed by atoms with van der Waals surface area (Å²) in [6.07, 6.45) is 0. The van der Waals surface area contributed by atoms with Crippen LogP contribution in [0.1, 0.15) is 0 Å². The maximum atomic E-state index is 13.8. The summed E-state index contributed by atoms with van der Waals surface area (Å²) in [5.41, 5.74) is 0.704. The van der Waals surface area contributed by atoms with Crippen molar-refractivity contribution in [1.29, 1.82) is 0 Å². The minimum atomic E-state index is -0.628. The zero-order valence-corrected chi connectivity index (χ0v) is 13.9. The molecular weight excluding hydrogens is 355 g/mol. The maximum absolute atomic E-state index is 13.8. The Balaban J connectivity index is 1.59. The molecule has 25 heavy (non-hydrogen) atoms. The van der Waals surface area contributed by atoms with E-state index in [1.807, 2.05) is 0 Å². The largest absolute Gasteiger partial charge is 0.366 e. The molecule has 2 aromatic rings. The van der Waals surface area contributed by atoms with Crippen LogP contribution >= 0.6 is 11.6 Å². The fourth-order valence-corrected chi connectivity index (χ4v) is 2.85. The Bertz CT molecular complexity index is 795. The minimum Gasteiger partial charge on any atom is -0.366 e. The van der Waals surface area contributed by atoms with E-state index in [9.17, 15) is 18.0 Å². The maximum Gasteiger partial charge on any atom is 0.321 e. The average molecular weight is 370 g/mol. The molecule has 0 atom stereocenters. The van der Waals surface area contributed by atoms with Gasteiger partial charge in [0, 0.05) is 37.9 Å². The molecule has 2 aromatic carbocycles. The van der Waals surface area contributed by atoms with Crippen molar-refractivity contribution >= 4 is 29.0 Å². The summed E-state index contributed by atoms with van der Waals surface area (Å²) >= 11 is 5.69. The first-order valence-corrected chi connectivity index (χ1v) is 8.03. The summed E-state index contributed by atoms with van der Waals surface area (Å²) in [4.78, 5) is 15.6. The summed E-state index contributed by atoms with van der Waals surface area (Å²) in [7, 11) is 0. The number of halogens is 4. The smallest absolute Gasteiger partial charge is 0.321 e. The molecule has 0 spiro atoms. The van der Waals surface area contributed by atoms with Crippen LogP contribution < -0.4 is 10.2 Å². The molecule has 0 bridgehead atoms. The van der Waals surface area contributed by atoms with Crippen LogP contribution in [0.5, 0.6) is 0 Å². The van der Waals surface area contributed by atoms with Crippen LogP contribution in [-0.2, 0) is 0 Å². The van der Waals surface area contributed by atoms with Crippen LogP contribution in [-0.4, -0.2) is 37.1 Å². The SMILES string of the molecule is O=C(Nc1ccc(F)c(Cl)c1)N1CCN(c2ccc(F)cc2F)CC1. The summed E-state index contributed by atoms with van der Waals surface area (Å²) in [6.45, 7) is 1.58. The van der Waals surface area contributed by atoms with Crippen molar-refractivity contribution in [3.63, 3.8) is 0 Å². The third-order valence-corrected chi connectivity index (χ3v) is 4.28. The predicted molar refractivity (Wildman–Crippen MR) is 90.6 cm³/mol. The van der Waals surface area contributed by atoms with Crippen LogP contribution in [0.25, 0.3) is 0 Å². The van der Waals surface area contributed by atoms with E-state index in [4.69, 9.17) is 11.6 Å². The van der Waals surface area contributed by atoms with Crippen molar-refractivity contribution in [3.8, 4) is 0 Å². The van der Waals surface area contributed by atoms with E-state index in [0.717, 1.165) is 6.07 Å². The van der Waals surface area contributed by atoms with Gasteiger partial charge in [-0.15, -0.1) is 0 Å². The number of hydrogen-bond acceptors (Lipinski definition) is 2. The summed E-state index contributed by atoms with van der Waals surface area (Å²) in [6, 6.07) is 7.01. The Morgan fingerprint density at radius 1 is 0.960 bits per heavy atom. The minimum absolute atomic E-state index is 0.0746. The number of nitrogens with one attached hydrogen (secondary N) is 1. The van der Waals surface area contributed by atoms with Gasteiger partial charge in [0.15, 0.2) is 0 Å². The van der Waals surface area contributed by atoms with E-state index in [0.29, 0.717) is 37.6 Å². The van der Waals surface area contributed by atoms with E-state index < -0.39 is 17.5 Å². The number of piperazine rings is 1. The van der Waals surface area contributed by atoms with Gasteiger partial charge < -0.3 is 15.1 Å². The molecule has 0 aromatic heterocycles. The molecule has 0 saturated carbocycles. The van der Waals surface area contributed by atoms with E-state index in [1.54, 1.807) is 9.80 Å². The average Bonchev–Trinajstić information content (AvgIpc) is 2.58. The monoisotopic (exact) mass is 369 g/mol. The molecule has 8 heteroatoms. The molecule has 0 aliphatic carbocycles. The Hall–Kier alpha value is -2.41. The molecule has 1 aliphatic rings. The van der Waals surface area contributed by atoms with E-state index in [1.165, 1.54) is 30.3 Å². The normalized spacial score (nSPS) is 14.6. The number of nitrogens with zero attached hydrogens (tertiary/aromatic N) is 2. The highest BCUT2D eigenvalue weighted by atomic mass is 35.5. The molecule has 132 valence electrons. The summed E-state index contributed by atoms with van der Waals surface area (Å²) < 4.78 is 40.0. The van der Waals surface area contributed by atoms with Crippen molar-refractivity contribution in [2.75, 3.05) is 36.4 Å². The number of anilines is 2. The van der Waals surface area contributed by atoms with Crippen LogP contribution in [0.4, 0.5) is 29.3 Å². The number of carbonyl (C=O) groups is 1. The van der Waals surface area contributed by atoms with Crippen molar-refractivity contribution in [2.45, 2.75) is 0 Å². The molecular formula is C17H15ClF3N3O. The van der Waals surface area contributed by atoms with Gasteiger partial charge >= 0.3 is 6.03 Å². The molecule has 1 aliphatic heterocycles. The fourth-order valence-electron chi connectivity index (χ4n) is 2.66. The Morgan fingerprint density at radius 2 is 1.68 bits per heavy atom.